The predicted molar refractivity (Wildman–Crippen MR) is 97.5 cm³/mol. The fraction of sp³-hybridized carbons (Fsp3) is 0.200. The molecule has 1 fully saturated rings. The second-order valence-corrected chi connectivity index (χ2v) is 6.52. The number of phenolic OH excluding ortho intramolecular Hbond substituents is 1. The van der Waals surface area contributed by atoms with Crippen LogP contribution in [0.25, 0.3) is 11.1 Å². The lowest BCUT2D eigenvalue weighted by Crippen LogP contribution is -2.21. The molecule has 0 unspecified atom stereocenters. The van der Waals surface area contributed by atoms with Gasteiger partial charge >= 0.3 is 0 Å². The van der Waals surface area contributed by atoms with Crippen LogP contribution in [0.4, 0.5) is 5.95 Å². The normalized spacial score (nSPS) is 18.9. The van der Waals surface area contributed by atoms with E-state index in [1.54, 1.807) is 19.2 Å². The van der Waals surface area contributed by atoms with Crippen LogP contribution in [0.15, 0.2) is 59.4 Å². The highest BCUT2D eigenvalue weighted by molar-refractivity contribution is 5.70. The molecule has 25 heavy (non-hydrogen) atoms. The summed E-state index contributed by atoms with van der Waals surface area (Å²) in [7, 11) is 1.62. The molecule has 1 heterocycles. The summed E-state index contributed by atoms with van der Waals surface area (Å²) in [4.78, 5) is 16.2. The number of nitrogen functional groups attached to an aromatic ring is 1. The number of nitrogens with two attached hydrogens (primary N) is 1. The van der Waals surface area contributed by atoms with Crippen LogP contribution in [0, 0.1) is 0 Å². The summed E-state index contributed by atoms with van der Waals surface area (Å²) in [5.41, 5.74) is 9.47. The molecule has 3 N–H and O–H groups in total. The van der Waals surface area contributed by atoms with Gasteiger partial charge in [0, 0.05) is 24.6 Å². The molecule has 0 spiro atoms. The number of benzene rings is 2. The lowest BCUT2D eigenvalue weighted by Gasteiger charge is -2.07. The number of nitrogens with zero attached hydrogens (tertiary/aromatic N) is 2. The van der Waals surface area contributed by atoms with Gasteiger partial charge in [0.1, 0.15) is 5.75 Å². The van der Waals surface area contributed by atoms with E-state index >= 15 is 0 Å². The molecule has 1 aliphatic rings. The summed E-state index contributed by atoms with van der Waals surface area (Å²) < 4.78 is 1.35. The molecule has 1 saturated carbocycles. The van der Waals surface area contributed by atoms with E-state index in [4.69, 9.17) is 5.73 Å². The van der Waals surface area contributed by atoms with Gasteiger partial charge in [-0.2, -0.15) is 0 Å². The van der Waals surface area contributed by atoms with Crippen molar-refractivity contribution < 1.29 is 5.11 Å². The largest absolute Gasteiger partial charge is 0.507 e. The zero-order valence-electron chi connectivity index (χ0n) is 13.9. The monoisotopic (exact) mass is 333 g/mol. The van der Waals surface area contributed by atoms with Gasteiger partial charge in [-0.15, -0.1) is 0 Å². The lowest BCUT2D eigenvalue weighted by molar-refractivity contribution is 0.477. The highest BCUT2D eigenvalue weighted by atomic mass is 16.3. The fourth-order valence-corrected chi connectivity index (χ4v) is 3.28. The van der Waals surface area contributed by atoms with E-state index in [1.807, 2.05) is 30.3 Å². The van der Waals surface area contributed by atoms with E-state index in [2.05, 4.69) is 17.1 Å². The average molecular weight is 333 g/mol. The number of phenols is 1. The molecule has 4 rings (SSSR count). The maximum absolute atomic E-state index is 11.9. The summed E-state index contributed by atoms with van der Waals surface area (Å²) in [6.07, 6.45) is 0.968. The highest BCUT2D eigenvalue weighted by Gasteiger charge is 2.41. The van der Waals surface area contributed by atoms with Crippen molar-refractivity contribution >= 4 is 5.95 Å². The molecule has 5 heteroatoms. The van der Waals surface area contributed by atoms with Crippen LogP contribution in [0.3, 0.4) is 0 Å². The minimum Gasteiger partial charge on any atom is -0.507 e. The average Bonchev–Trinajstić information content (AvgIpc) is 3.41. The quantitative estimate of drug-likeness (QED) is 0.772. The van der Waals surface area contributed by atoms with E-state index in [-0.39, 0.29) is 23.2 Å². The van der Waals surface area contributed by atoms with Gasteiger partial charge in [0.05, 0.1) is 5.69 Å². The molecule has 0 bridgehead atoms. The number of aromatic hydroxyl groups is 1. The minimum absolute atomic E-state index is 0.122. The Bertz CT molecular complexity index is 993. The maximum atomic E-state index is 11.9. The van der Waals surface area contributed by atoms with Crippen molar-refractivity contribution in [3.05, 3.63) is 76.2 Å². The Hall–Kier alpha value is -3.08. The zero-order valence-corrected chi connectivity index (χ0v) is 13.9. The maximum Gasteiger partial charge on any atom is 0.254 e. The van der Waals surface area contributed by atoms with Crippen LogP contribution >= 0.6 is 0 Å². The Morgan fingerprint density at radius 2 is 1.84 bits per heavy atom. The van der Waals surface area contributed by atoms with Crippen LogP contribution in [0.5, 0.6) is 5.75 Å². The van der Waals surface area contributed by atoms with Crippen LogP contribution in [0.2, 0.25) is 0 Å². The van der Waals surface area contributed by atoms with E-state index in [9.17, 15) is 9.90 Å². The first kappa shape index (κ1) is 15.4. The molecular formula is C20H19N3O2. The van der Waals surface area contributed by atoms with Gasteiger partial charge in [0.15, 0.2) is 0 Å². The van der Waals surface area contributed by atoms with Crippen molar-refractivity contribution in [1.82, 2.24) is 9.55 Å². The van der Waals surface area contributed by atoms with Gasteiger partial charge in [-0.3, -0.25) is 9.36 Å². The Kier molecular flexibility index (Phi) is 3.57. The topological polar surface area (TPSA) is 81.1 Å². The third-order valence-electron chi connectivity index (χ3n) is 4.91. The molecule has 0 radical (unpaired) electrons. The van der Waals surface area contributed by atoms with Gasteiger partial charge in [-0.25, -0.2) is 4.98 Å². The molecule has 126 valence electrons. The fourth-order valence-electron chi connectivity index (χ4n) is 3.28. The van der Waals surface area contributed by atoms with Crippen LogP contribution in [-0.2, 0) is 7.05 Å². The van der Waals surface area contributed by atoms with Gasteiger partial charge in [0.25, 0.3) is 5.56 Å². The molecule has 0 saturated heterocycles. The van der Waals surface area contributed by atoms with Gasteiger partial charge in [-0.1, -0.05) is 42.5 Å². The zero-order chi connectivity index (χ0) is 17.6. The van der Waals surface area contributed by atoms with Crippen LogP contribution in [0.1, 0.15) is 29.5 Å². The number of hydrogen-bond acceptors (Lipinski definition) is 4. The van der Waals surface area contributed by atoms with Gasteiger partial charge in [-0.05, 0) is 29.5 Å². The van der Waals surface area contributed by atoms with Crippen molar-refractivity contribution in [2.24, 2.45) is 7.05 Å². The lowest BCUT2D eigenvalue weighted by atomic mass is 10.0. The second kappa shape index (κ2) is 5.77. The molecule has 2 aromatic carbocycles. The van der Waals surface area contributed by atoms with E-state index in [0.29, 0.717) is 5.92 Å². The molecule has 2 atom stereocenters. The Balaban J connectivity index is 1.57. The highest BCUT2D eigenvalue weighted by Crippen LogP contribution is 2.54. The van der Waals surface area contributed by atoms with Crippen molar-refractivity contribution in [2.45, 2.75) is 18.3 Å². The van der Waals surface area contributed by atoms with Crippen molar-refractivity contribution in [2.75, 3.05) is 5.73 Å². The van der Waals surface area contributed by atoms with Crippen molar-refractivity contribution in [3.8, 4) is 16.9 Å². The summed E-state index contributed by atoms with van der Waals surface area (Å²) in [6.45, 7) is 0. The van der Waals surface area contributed by atoms with E-state index < -0.39 is 0 Å². The van der Waals surface area contributed by atoms with E-state index in [1.165, 1.54) is 10.1 Å². The third kappa shape index (κ3) is 2.78. The SMILES string of the molecule is Cn1c(N)nc([C@H]2C[C@H]2c2ccc(-c3ccccc3O)cc2)cc1=O. The van der Waals surface area contributed by atoms with Crippen molar-refractivity contribution in [1.29, 1.82) is 0 Å². The number of rotatable bonds is 3. The number of hydrogen-bond donors (Lipinski definition) is 2. The smallest absolute Gasteiger partial charge is 0.254 e. The Morgan fingerprint density at radius 3 is 2.52 bits per heavy atom. The molecular weight excluding hydrogens is 314 g/mol. The number of anilines is 1. The summed E-state index contributed by atoms with van der Waals surface area (Å²) in [5.74, 6) is 1.13. The summed E-state index contributed by atoms with van der Waals surface area (Å²) in [5, 5.41) is 9.97. The summed E-state index contributed by atoms with van der Waals surface area (Å²) in [6, 6.07) is 17.1. The minimum atomic E-state index is -0.122. The first-order chi connectivity index (χ1) is 12.0. The van der Waals surface area contributed by atoms with Crippen LogP contribution < -0.4 is 11.3 Å². The van der Waals surface area contributed by atoms with Crippen molar-refractivity contribution in [3.63, 3.8) is 0 Å². The molecule has 5 nitrogen and oxygen atoms in total. The molecule has 1 aromatic heterocycles. The molecule has 0 amide bonds. The standard InChI is InChI=1S/C20H19N3O2/c1-23-19(25)11-17(22-20(23)21)16-10-15(16)13-8-6-12(7-9-13)14-4-2-3-5-18(14)24/h2-9,11,15-16,24H,10H2,1H3,(H2,21,22)/t15-,16-/m0/s1. The first-order valence-corrected chi connectivity index (χ1v) is 8.26. The Labute approximate surface area is 145 Å². The Morgan fingerprint density at radius 1 is 1.12 bits per heavy atom. The van der Waals surface area contributed by atoms with Gasteiger partial charge in [0.2, 0.25) is 5.95 Å². The third-order valence-corrected chi connectivity index (χ3v) is 4.91. The molecule has 3 aromatic rings. The summed E-state index contributed by atoms with van der Waals surface area (Å²) >= 11 is 0. The number of aromatic nitrogens is 2. The van der Waals surface area contributed by atoms with E-state index in [0.717, 1.165) is 23.2 Å². The molecule has 1 aliphatic carbocycles. The first-order valence-electron chi connectivity index (χ1n) is 8.26. The number of para-hydroxylation sites is 1. The molecule has 0 aliphatic heterocycles. The van der Waals surface area contributed by atoms with Gasteiger partial charge < -0.3 is 10.8 Å². The predicted octanol–water partition coefficient (Wildman–Crippen LogP) is 3.01. The second-order valence-electron chi connectivity index (χ2n) is 6.52. The van der Waals surface area contributed by atoms with Crippen LogP contribution in [-0.4, -0.2) is 14.7 Å².